The van der Waals surface area contributed by atoms with Crippen LogP contribution >= 0.6 is 0 Å². The van der Waals surface area contributed by atoms with Crippen molar-refractivity contribution in [2.75, 3.05) is 39.5 Å². The third-order valence-corrected chi connectivity index (χ3v) is 3.26. The average molecular weight is 266 g/mol. The maximum Gasteiger partial charge on any atom is 0.216 e. The molecular weight excluding hydrogens is 244 g/mol. The lowest BCUT2D eigenvalue weighted by Crippen LogP contribution is -2.43. The van der Waals surface area contributed by atoms with Crippen molar-refractivity contribution in [3.63, 3.8) is 0 Å². The molecule has 0 radical (unpaired) electrons. The molecule has 0 fully saturated rings. The maximum absolute atomic E-state index is 10.6. The van der Waals surface area contributed by atoms with E-state index in [1.54, 1.807) is 0 Å². The Labute approximate surface area is 103 Å². The van der Waals surface area contributed by atoms with Crippen molar-refractivity contribution in [2.24, 2.45) is 0 Å². The zero-order valence-electron chi connectivity index (χ0n) is 10.7. The van der Waals surface area contributed by atoms with Crippen LogP contribution in [0, 0.1) is 0 Å². The van der Waals surface area contributed by atoms with E-state index in [1.165, 1.54) is 6.92 Å². The number of amides is 1. The van der Waals surface area contributed by atoms with E-state index in [2.05, 4.69) is 5.32 Å². The lowest BCUT2D eigenvalue weighted by atomic mass is 10.3. The minimum atomic E-state index is -4.10. The fourth-order valence-corrected chi connectivity index (χ4v) is 2.04. The molecule has 0 bridgehead atoms. The van der Waals surface area contributed by atoms with Crippen LogP contribution < -0.4 is 5.32 Å². The van der Waals surface area contributed by atoms with Crippen molar-refractivity contribution in [3.05, 3.63) is 0 Å². The monoisotopic (exact) mass is 266 g/mol. The zero-order valence-corrected chi connectivity index (χ0v) is 11.5. The summed E-state index contributed by atoms with van der Waals surface area (Å²) in [6.07, 6.45) is 1.20. The number of nitrogens with zero attached hydrogens (tertiary/aromatic N) is 1. The van der Waals surface area contributed by atoms with Crippen LogP contribution in [0.4, 0.5) is 0 Å². The Bertz CT molecular complexity index is 338. The van der Waals surface area contributed by atoms with Gasteiger partial charge in [0, 0.05) is 32.1 Å². The first-order valence-corrected chi connectivity index (χ1v) is 7.20. The van der Waals surface area contributed by atoms with E-state index in [4.69, 9.17) is 0 Å². The quantitative estimate of drug-likeness (QED) is 0.365. The number of rotatable bonds is 8. The second kappa shape index (κ2) is 6.93. The van der Waals surface area contributed by atoms with Gasteiger partial charge in [-0.15, -0.1) is 0 Å². The second-order valence-electron chi connectivity index (χ2n) is 4.83. The highest BCUT2D eigenvalue weighted by atomic mass is 32.2. The van der Waals surface area contributed by atoms with E-state index >= 15 is 0 Å². The number of carbonyl (C=O) groups excluding carboxylic acids is 1. The van der Waals surface area contributed by atoms with Crippen LogP contribution in [0.3, 0.4) is 0 Å². The van der Waals surface area contributed by atoms with Gasteiger partial charge in [-0.3, -0.25) is 4.79 Å². The van der Waals surface area contributed by atoms with Crippen LogP contribution in [0.5, 0.6) is 0 Å². The van der Waals surface area contributed by atoms with Crippen LogP contribution in [0.25, 0.3) is 0 Å². The molecule has 0 unspecified atom stereocenters. The molecule has 0 aliphatic carbocycles. The molecule has 0 aromatic carbocycles. The summed E-state index contributed by atoms with van der Waals surface area (Å²) >= 11 is 0. The zero-order chi connectivity index (χ0) is 13.5. The Morgan fingerprint density at radius 3 is 2.24 bits per heavy atom. The highest BCUT2D eigenvalue weighted by Gasteiger charge is 2.14. The molecule has 0 aromatic heterocycles. The minimum absolute atomic E-state index is 0.0484. The summed E-state index contributed by atoms with van der Waals surface area (Å²) in [6.45, 7) is 3.57. The summed E-state index contributed by atoms with van der Waals surface area (Å²) in [7, 11) is -0.145. The van der Waals surface area contributed by atoms with Gasteiger partial charge in [-0.05, 0) is 0 Å². The molecule has 6 nitrogen and oxygen atoms in total. The molecule has 1 amide bonds. The van der Waals surface area contributed by atoms with Crippen LogP contribution in [0.2, 0.25) is 0 Å². The van der Waals surface area contributed by atoms with E-state index in [1.807, 2.05) is 14.1 Å². The van der Waals surface area contributed by atoms with Crippen LogP contribution in [-0.2, 0) is 14.9 Å². The predicted octanol–water partition coefficient (Wildman–Crippen LogP) is -0.476. The van der Waals surface area contributed by atoms with Gasteiger partial charge in [-0.1, -0.05) is 0 Å². The van der Waals surface area contributed by atoms with E-state index in [0.29, 0.717) is 24.0 Å². The summed E-state index contributed by atoms with van der Waals surface area (Å²) in [5.74, 6) is -0.354. The van der Waals surface area contributed by atoms with Crippen molar-refractivity contribution >= 4 is 16.0 Å². The first-order chi connectivity index (χ1) is 7.62. The largest absolute Gasteiger partial charge is 0.748 e. The van der Waals surface area contributed by atoms with Crippen molar-refractivity contribution in [1.29, 1.82) is 0 Å². The second-order valence-corrected chi connectivity index (χ2v) is 6.36. The Morgan fingerprint density at radius 2 is 1.76 bits per heavy atom. The normalized spacial score (nSPS) is 12.5. The summed E-state index contributed by atoms with van der Waals surface area (Å²) in [5.41, 5.74) is 0. The summed E-state index contributed by atoms with van der Waals surface area (Å²) < 4.78 is 32.0. The van der Waals surface area contributed by atoms with Crippen molar-refractivity contribution in [1.82, 2.24) is 5.32 Å². The summed E-state index contributed by atoms with van der Waals surface area (Å²) in [4.78, 5) is 10.6. The molecule has 0 aliphatic rings. The molecule has 0 spiro atoms. The molecule has 0 saturated carbocycles. The highest BCUT2D eigenvalue weighted by Crippen LogP contribution is 2.02. The van der Waals surface area contributed by atoms with Crippen molar-refractivity contribution < 1.29 is 22.2 Å². The van der Waals surface area contributed by atoms with Gasteiger partial charge >= 0.3 is 0 Å². The Hall–Kier alpha value is -0.660. The molecule has 0 aliphatic heterocycles. The molecule has 17 heavy (non-hydrogen) atoms. The molecule has 0 rings (SSSR count). The summed E-state index contributed by atoms with van der Waals surface area (Å²) in [5, 5.41) is 2.70. The van der Waals surface area contributed by atoms with Gasteiger partial charge < -0.3 is 14.4 Å². The molecule has 1 N–H and O–H groups in total. The number of hydrogen-bond donors (Lipinski definition) is 1. The van der Waals surface area contributed by atoms with Crippen LogP contribution in [0.15, 0.2) is 0 Å². The van der Waals surface area contributed by atoms with E-state index in [9.17, 15) is 17.8 Å². The van der Waals surface area contributed by atoms with Gasteiger partial charge in [0.15, 0.2) is 0 Å². The molecular formula is C10H22N2O4S. The first-order valence-electron chi connectivity index (χ1n) is 5.62. The number of hydrogen-bond acceptors (Lipinski definition) is 4. The highest BCUT2D eigenvalue weighted by molar-refractivity contribution is 7.85. The van der Waals surface area contributed by atoms with Gasteiger partial charge in [0.1, 0.15) is 0 Å². The van der Waals surface area contributed by atoms with Crippen molar-refractivity contribution in [2.45, 2.75) is 19.8 Å². The predicted molar refractivity (Wildman–Crippen MR) is 64.3 cm³/mol. The standard InChI is InChI=1S/C10H22N2O4S/c1-10(13)11-6-4-7-12(2,3)8-5-9-17(14,15)16/h4-9H2,1-3H3,(H-,11,13,14,15,16). The molecule has 0 heterocycles. The Kier molecular flexibility index (Phi) is 6.66. The fourth-order valence-electron chi connectivity index (χ4n) is 1.55. The lowest BCUT2D eigenvalue weighted by Gasteiger charge is -2.30. The topological polar surface area (TPSA) is 86.3 Å². The number of nitrogens with one attached hydrogen (secondary N) is 1. The van der Waals surface area contributed by atoms with Crippen LogP contribution in [-0.4, -0.2) is 62.8 Å². The average Bonchev–Trinajstić information content (AvgIpc) is 2.09. The van der Waals surface area contributed by atoms with Crippen molar-refractivity contribution in [3.8, 4) is 0 Å². The van der Waals surface area contributed by atoms with Gasteiger partial charge in [-0.2, -0.15) is 0 Å². The summed E-state index contributed by atoms with van der Waals surface area (Å²) in [6, 6.07) is 0. The molecule has 0 aromatic rings. The molecule has 0 atom stereocenters. The number of quaternary nitrogens is 1. The van der Waals surface area contributed by atoms with Gasteiger partial charge in [-0.25, -0.2) is 8.42 Å². The molecule has 0 saturated heterocycles. The Balaban J connectivity index is 3.76. The lowest BCUT2D eigenvalue weighted by molar-refractivity contribution is -0.890. The molecule has 102 valence electrons. The third kappa shape index (κ3) is 11.6. The van der Waals surface area contributed by atoms with E-state index in [0.717, 1.165) is 13.0 Å². The van der Waals surface area contributed by atoms with Gasteiger partial charge in [0.2, 0.25) is 5.91 Å². The molecule has 7 heteroatoms. The Morgan fingerprint density at radius 1 is 1.24 bits per heavy atom. The fraction of sp³-hybridized carbons (Fsp3) is 0.900. The van der Waals surface area contributed by atoms with Gasteiger partial charge in [0.05, 0.1) is 37.3 Å². The van der Waals surface area contributed by atoms with Crippen LogP contribution in [0.1, 0.15) is 19.8 Å². The third-order valence-electron chi connectivity index (χ3n) is 2.47. The minimum Gasteiger partial charge on any atom is -0.748 e. The van der Waals surface area contributed by atoms with Gasteiger partial charge in [0.25, 0.3) is 0 Å². The van der Waals surface area contributed by atoms with E-state index < -0.39 is 10.1 Å². The number of carbonyl (C=O) groups is 1. The smallest absolute Gasteiger partial charge is 0.216 e. The van der Waals surface area contributed by atoms with E-state index in [-0.39, 0.29) is 11.7 Å². The first kappa shape index (κ1) is 16.3. The maximum atomic E-state index is 10.6. The SMILES string of the molecule is CC(=O)NCCC[N+](C)(C)CCCS(=O)(=O)[O-].